The fourth-order valence-electron chi connectivity index (χ4n) is 3.44. The van der Waals surface area contributed by atoms with Crippen molar-refractivity contribution in [2.24, 2.45) is 5.92 Å². The number of benzene rings is 1. The Morgan fingerprint density at radius 2 is 2.04 bits per heavy atom. The average molecular weight is 333 g/mol. The molecule has 0 radical (unpaired) electrons. The van der Waals surface area contributed by atoms with E-state index in [1.807, 2.05) is 0 Å². The lowest BCUT2D eigenvalue weighted by atomic mass is 10.1. The summed E-state index contributed by atoms with van der Waals surface area (Å²) < 4.78 is 13.3. The monoisotopic (exact) mass is 333 g/mol. The van der Waals surface area contributed by atoms with Gasteiger partial charge in [-0.25, -0.2) is 4.39 Å². The van der Waals surface area contributed by atoms with Gasteiger partial charge in [-0.15, -0.1) is 0 Å². The molecule has 1 unspecified atom stereocenters. The van der Waals surface area contributed by atoms with E-state index in [1.165, 1.54) is 36.3 Å². The summed E-state index contributed by atoms with van der Waals surface area (Å²) in [4.78, 5) is 28.3. The normalized spacial score (nSPS) is 22.0. The van der Waals surface area contributed by atoms with Gasteiger partial charge in [0.25, 0.3) is 0 Å². The maximum atomic E-state index is 13.3. The van der Waals surface area contributed by atoms with Gasteiger partial charge in [0, 0.05) is 31.7 Å². The molecule has 2 aliphatic rings. The lowest BCUT2D eigenvalue weighted by Crippen LogP contribution is -2.40. The van der Waals surface area contributed by atoms with Crippen LogP contribution in [-0.2, 0) is 9.59 Å². The first-order valence-electron chi connectivity index (χ1n) is 8.69. The molecule has 0 aliphatic carbocycles. The van der Waals surface area contributed by atoms with Crippen LogP contribution < -0.4 is 10.2 Å². The van der Waals surface area contributed by atoms with Crippen LogP contribution in [0, 0.1) is 11.7 Å². The molecule has 5 nitrogen and oxygen atoms in total. The minimum Gasteiger partial charge on any atom is -0.355 e. The Morgan fingerprint density at radius 1 is 1.25 bits per heavy atom. The van der Waals surface area contributed by atoms with Crippen LogP contribution in [0.4, 0.5) is 10.1 Å². The largest absolute Gasteiger partial charge is 0.355 e. The highest BCUT2D eigenvalue weighted by Crippen LogP contribution is 2.25. The van der Waals surface area contributed by atoms with Gasteiger partial charge in [0.15, 0.2) is 0 Å². The molecule has 1 aromatic carbocycles. The molecular weight excluding hydrogens is 309 g/mol. The van der Waals surface area contributed by atoms with Gasteiger partial charge in [-0.2, -0.15) is 0 Å². The Kier molecular flexibility index (Phi) is 5.45. The van der Waals surface area contributed by atoms with Crippen molar-refractivity contribution in [1.29, 1.82) is 0 Å². The molecule has 6 heteroatoms. The number of carbonyl (C=O) groups excluding carboxylic acids is 2. The van der Waals surface area contributed by atoms with Crippen LogP contribution >= 0.6 is 0 Å². The van der Waals surface area contributed by atoms with E-state index in [1.54, 1.807) is 12.1 Å². The molecule has 2 heterocycles. The topological polar surface area (TPSA) is 52.7 Å². The van der Waals surface area contributed by atoms with E-state index >= 15 is 0 Å². The van der Waals surface area contributed by atoms with Gasteiger partial charge in [0.2, 0.25) is 11.8 Å². The zero-order valence-corrected chi connectivity index (χ0v) is 13.8. The number of hydrogen-bond acceptors (Lipinski definition) is 3. The Hall–Kier alpha value is -1.95. The molecule has 24 heavy (non-hydrogen) atoms. The fourth-order valence-corrected chi connectivity index (χ4v) is 3.44. The molecule has 3 rings (SSSR count). The van der Waals surface area contributed by atoms with Crippen LogP contribution in [0.5, 0.6) is 0 Å². The molecule has 2 aliphatic heterocycles. The Balaban J connectivity index is 1.48. The van der Waals surface area contributed by atoms with Gasteiger partial charge in [-0.1, -0.05) is 12.5 Å². The van der Waals surface area contributed by atoms with E-state index in [9.17, 15) is 14.0 Å². The number of rotatable bonds is 5. The molecule has 130 valence electrons. The summed E-state index contributed by atoms with van der Waals surface area (Å²) in [7, 11) is 0. The summed E-state index contributed by atoms with van der Waals surface area (Å²) in [6.45, 7) is 4.00. The molecule has 1 atom stereocenters. The van der Waals surface area contributed by atoms with E-state index in [-0.39, 0.29) is 30.0 Å². The lowest BCUT2D eigenvalue weighted by molar-refractivity contribution is -0.126. The van der Waals surface area contributed by atoms with Crippen molar-refractivity contribution >= 4 is 17.5 Å². The van der Waals surface area contributed by atoms with Gasteiger partial charge in [0.1, 0.15) is 5.82 Å². The highest BCUT2D eigenvalue weighted by molar-refractivity contribution is 6.00. The Morgan fingerprint density at radius 3 is 2.79 bits per heavy atom. The van der Waals surface area contributed by atoms with Crippen LogP contribution in [-0.4, -0.2) is 49.4 Å². The van der Waals surface area contributed by atoms with Gasteiger partial charge in [0.05, 0.1) is 5.92 Å². The summed E-state index contributed by atoms with van der Waals surface area (Å²) in [6, 6.07) is 5.94. The maximum absolute atomic E-state index is 13.3. The number of likely N-dealkylation sites (tertiary alicyclic amines) is 1. The first-order valence-corrected chi connectivity index (χ1v) is 8.69. The van der Waals surface area contributed by atoms with Crippen LogP contribution in [0.2, 0.25) is 0 Å². The van der Waals surface area contributed by atoms with Crippen molar-refractivity contribution in [3.8, 4) is 0 Å². The van der Waals surface area contributed by atoms with Gasteiger partial charge >= 0.3 is 0 Å². The predicted octanol–water partition coefficient (Wildman–Crippen LogP) is 1.78. The van der Waals surface area contributed by atoms with Crippen molar-refractivity contribution in [2.45, 2.75) is 25.7 Å². The second-order valence-corrected chi connectivity index (χ2v) is 6.58. The first kappa shape index (κ1) is 16.9. The number of amides is 2. The summed E-state index contributed by atoms with van der Waals surface area (Å²) in [6.07, 6.45) is 3.94. The van der Waals surface area contributed by atoms with Gasteiger partial charge < -0.3 is 15.1 Å². The summed E-state index contributed by atoms with van der Waals surface area (Å²) >= 11 is 0. The third kappa shape index (κ3) is 4.12. The number of hydrogen-bond donors (Lipinski definition) is 1. The van der Waals surface area contributed by atoms with Crippen LogP contribution in [0.1, 0.15) is 25.7 Å². The van der Waals surface area contributed by atoms with Crippen molar-refractivity contribution in [2.75, 3.05) is 37.6 Å². The summed E-state index contributed by atoms with van der Waals surface area (Å²) in [5.74, 6) is -0.951. The Labute approximate surface area is 141 Å². The third-order valence-electron chi connectivity index (χ3n) is 4.79. The van der Waals surface area contributed by atoms with E-state index in [2.05, 4.69) is 10.2 Å². The lowest BCUT2D eigenvalue weighted by Gasteiger charge is -2.26. The predicted molar refractivity (Wildman–Crippen MR) is 90.2 cm³/mol. The first-order chi connectivity index (χ1) is 11.6. The molecule has 0 bridgehead atoms. The number of nitrogens with one attached hydrogen (secondary N) is 1. The summed E-state index contributed by atoms with van der Waals surface area (Å²) in [5, 5.41) is 2.94. The highest BCUT2D eigenvalue weighted by Gasteiger charge is 2.35. The molecule has 2 amide bonds. The zero-order chi connectivity index (χ0) is 16.9. The number of piperidine rings is 1. The van der Waals surface area contributed by atoms with Gasteiger partial charge in [-0.3, -0.25) is 9.59 Å². The number of halogens is 1. The number of anilines is 1. The van der Waals surface area contributed by atoms with E-state index in [0.29, 0.717) is 18.8 Å². The standard InChI is InChI=1S/C18H24FN3O2/c19-15-5-4-6-16(12-15)22-13-14(11-17(22)23)18(24)20-7-10-21-8-2-1-3-9-21/h4-6,12,14H,1-3,7-11,13H2,(H,20,24). The Bertz CT molecular complexity index is 602. The second kappa shape index (κ2) is 7.75. The average Bonchev–Trinajstić information content (AvgIpc) is 2.98. The number of carbonyl (C=O) groups is 2. The van der Waals surface area contributed by atoms with Crippen molar-refractivity contribution < 1.29 is 14.0 Å². The molecule has 2 fully saturated rings. The van der Waals surface area contributed by atoms with Gasteiger partial charge in [-0.05, 0) is 44.1 Å². The van der Waals surface area contributed by atoms with E-state index in [0.717, 1.165) is 19.6 Å². The van der Waals surface area contributed by atoms with Crippen molar-refractivity contribution in [3.05, 3.63) is 30.1 Å². The quantitative estimate of drug-likeness (QED) is 0.894. The number of nitrogens with zero attached hydrogens (tertiary/aromatic N) is 2. The molecular formula is C18H24FN3O2. The van der Waals surface area contributed by atoms with Crippen LogP contribution in [0.15, 0.2) is 24.3 Å². The summed E-state index contributed by atoms with van der Waals surface area (Å²) in [5.41, 5.74) is 0.517. The minimum absolute atomic E-state index is 0.0840. The molecule has 0 spiro atoms. The van der Waals surface area contributed by atoms with E-state index in [4.69, 9.17) is 0 Å². The second-order valence-electron chi connectivity index (χ2n) is 6.58. The molecule has 2 saturated heterocycles. The molecule has 1 aromatic rings. The van der Waals surface area contributed by atoms with Crippen molar-refractivity contribution in [3.63, 3.8) is 0 Å². The van der Waals surface area contributed by atoms with Crippen LogP contribution in [0.3, 0.4) is 0 Å². The SMILES string of the molecule is O=C(NCCN1CCCCC1)C1CC(=O)N(c2cccc(F)c2)C1. The third-order valence-corrected chi connectivity index (χ3v) is 4.79. The molecule has 0 saturated carbocycles. The zero-order valence-electron chi connectivity index (χ0n) is 13.8. The van der Waals surface area contributed by atoms with Crippen molar-refractivity contribution in [1.82, 2.24) is 10.2 Å². The van der Waals surface area contributed by atoms with E-state index < -0.39 is 0 Å². The smallest absolute Gasteiger partial charge is 0.227 e. The minimum atomic E-state index is -0.380. The highest BCUT2D eigenvalue weighted by atomic mass is 19.1. The fraction of sp³-hybridized carbons (Fsp3) is 0.556. The molecule has 1 N–H and O–H groups in total. The molecule has 0 aromatic heterocycles. The van der Waals surface area contributed by atoms with Crippen LogP contribution in [0.25, 0.3) is 0 Å². The maximum Gasteiger partial charge on any atom is 0.227 e.